The fourth-order valence-electron chi connectivity index (χ4n) is 6.84. The number of benzene rings is 3. The molecular formula is C50H71BI2KN3. The Labute approximate surface area is 423 Å². The van der Waals surface area contributed by atoms with Gasteiger partial charge in [-0.15, -0.1) is 0 Å². The largest absolute Gasteiger partial charge is 1.00 e. The summed E-state index contributed by atoms with van der Waals surface area (Å²) in [6.45, 7) is 31.9. The summed E-state index contributed by atoms with van der Waals surface area (Å²) in [4.78, 5) is 8.36. The smallest absolute Gasteiger partial charge is 1.00 e. The van der Waals surface area contributed by atoms with E-state index in [2.05, 4.69) is 196 Å². The molecule has 7 heteroatoms. The summed E-state index contributed by atoms with van der Waals surface area (Å²) < 4.78 is 1.45. The molecule has 5 rings (SSSR count). The van der Waals surface area contributed by atoms with Gasteiger partial charge >= 0.3 is 51.4 Å². The molecule has 0 aliphatic carbocycles. The predicted octanol–water partition coefficient (Wildman–Crippen LogP) is 8.88. The molecule has 57 heavy (non-hydrogen) atoms. The van der Waals surface area contributed by atoms with Crippen molar-refractivity contribution in [2.75, 3.05) is 5.73 Å². The quantitative estimate of drug-likeness (QED) is 0.0865. The summed E-state index contributed by atoms with van der Waals surface area (Å²) in [5, 5.41) is 0. The first kappa shape index (κ1) is 55.9. The van der Waals surface area contributed by atoms with Crippen LogP contribution in [-0.2, 0) is 0 Å². The molecule has 0 aliphatic heterocycles. The van der Waals surface area contributed by atoms with Crippen LogP contribution in [0.1, 0.15) is 166 Å². The Morgan fingerprint density at radius 3 is 1.18 bits per heavy atom. The number of hydrogen-bond donors (Lipinski definition) is 1. The van der Waals surface area contributed by atoms with Gasteiger partial charge in [-0.1, -0.05) is 182 Å². The Balaban J connectivity index is 0.000000738. The van der Waals surface area contributed by atoms with Crippen molar-refractivity contribution in [2.45, 2.75) is 145 Å². The second-order valence-corrected chi connectivity index (χ2v) is 17.5. The van der Waals surface area contributed by atoms with Gasteiger partial charge in [0.05, 0.1) is 0 Å². The van der Waals surface area contributed by atoms with Gasteiger partial charge in [-0.25, -0.2) is 0 Å². The molecule has 304 valence electrons. The van der Waals surface area contributed by atoms with Gasteiger partial charge in [0.2, 0.25) is 0 Å². The monoisotopic (exact) mass is 1020 g/mol. The minimum absolute atomic E-state index is 0. The summed E-state index contributed by atoms with van der Waals surface area (Å²) in [5.41, 5.74) is 19.4. The summed E-state index contributed by atoms with van der Waals surface area (Å²) in [5.74, 6) is 3.34. The summed E-state index contributed by atoms with van der Waals surface area (Å²) in [7, 11) is 0. The fraction of sp³-hybridized carbons (Fsp3) is 0.440. The van der Waals surface area contributed by atoms with E-state index in [0.717, 1.165) is 5.69 Å². The maximum atomic E-state index is 6.09. The second-order valence-electron chi connectivity index (χ2n) is 16.4. The third kappa shape index (κ3) is 17.8. The zero-order valence-electron chi connectivity index (χ0n) is 38.0. The van der Waals surface area contributed by atoms with E-state index in [0.29, 0.717) is 42.2 Å². The van der Waals surface area contributed by atoms with Crippen LogP contribution in [0.3, 0.4) is 0 Å². The van der Waals surface area contributed by atoms with E-state index in [4.69, 9.17) is 5.73 Å². The number of rotatable bonds is 10. The Morgan fingerprint density at radius 2 is 0.860 bits per heavy atom. The number of para-hydroxylation sites is 1. The Hall–Kier alpha value is -1.08. The number of pyridine rings is 2. The van der Waals surface area contributed by atoms with E-state index in [1.165, 1.54) is 66.2 Å². The van der Waals surface area contributed by atoms with Crippen LogP contribution in [0.25, 0.3) is 11.1 Å². The summed E-state index contributed by atoms with van der Waals surface area (Å²) in [6, 6.07) is 27.9. The van der Waals surface area contributed by atoms with E-state index >= 15 is 0 Å². The van der Waals surface area contributed by atoms with Gasteiger partial charge in [-0.3, -0.25) is 9.97 Å². The third-order valence-corrected chi connectivity index (χ3v) is 11.4. The van der Waals surface area contributed by atoms with Gasteiger partial charge < -0.3 is 29.7 Å². The van der Waals surface area contributed by atoms with E-state index in [1.54, 1.807) is 0 Å². The van der Waals surface area contributed by atoms with Crippen molar-refractivity contribution in [3.05, 3.63) is 141 Å². The topological polar surface area (TPSA) is 51.8 Å². The molecule has 0 saturated carbocycles. The maximum Gasteiger partial charge on any atom is 1.00 e. The molecule has 2 N–H and O–H groups in total. The predicted molar refractivity (Wildman–Crippen MR) is 255 cm³/mol. The molecular weight excluding hydrogens is 946 g/mol. The van der Waals surface area contributed by atoms with Gasteiger partial charge in [0.1, 0.15) is 0 Å². The maximum absolute atomic E-state index is 6.09. The summed E-state index contributed by atoms with van der Waals surface area (Å²) in [6.07, 6.45) is 10.0. The second kappa shape index (κ2) is 29.2. The molecule has 0 spiro atoms. The first-order valence-electron chi connectivity index (χ1n) is 20.7. The number of halogens is 2. The standard InChI is InChI=1S/C17H21N.C12H17I.C12H19N.C9H14BN.HI.K/c1-12(2)15-8-5-9-16(13(3)4)17(15)14-7-6-10-18-11-14;2*1-8(2)10-6-5-7-11(9(3)4)12(10)13;1-3-10(4-2)9-6-5-7-11-8-9;;/h5-13H,1-4H3;5-9H,1-4H3;5-9H,13H2,1-4H3;5-8H,3-4H2,1-2H3;1H;/q;;;;;+1/p-1. The molecule has 2 aromatic heterocycles. The normalized spacial score (nSPS) is 10.5. The molecule has 0 radical (unpaired) electrons. The SMILES string of the molecule is CC(C)c1cccc(C(C)C)c1-c1cccnc1.CC(C)c1cccc(C(C)C)c1I.CC(C)c1cccc(C(C)C)c1N.CCB(CC)c1cccnc1.[I-].[K+]. The molecule has 0 saturated heterocycles. The van der Waals surface area contributed by atoms with Crippen LogP contribution in [0.4, 0.5) is 5.69 Å². The molecule has 0 atom stereocenters. The van der Waals surface area contributed by atoms with Crippen molar-refractivity contribution in [3.8, 4) is 11.1 Å². The Bertz CT molecular complexity index is 1680. The van der Waals surface area contributed by atoms with Crippen LogP contribution in [0.5, 0.6) is 0 Å². The molecule has 3 nitrogen and oxygen atoms in total. The number of nitrogens with zero attached hydrogens (tertiary/aromatic N) is 2. The van der Waals surface area contributed by atoms with Crippen LogP contribution in [0, 0.1) is 3.57 Å². The van der Waals surface area contributed by atoms with Gasteiger partial charge in [0, 0.05) is 39.6 Å². The third-order valence-electron chi connectivity index (χ3n) is 10.2. The average Bonchev–Trinajstić information content (AvgIpc) is 3.16. The number of nitrogen functional groups attached to an aromatic ring is 1. The van der Waals surface area contributed by atoms with Crippen LogP contribution in [0.2, 0.25) is 12.6 Å². The van der Waals surface area contributed by atoms with Crippen molar-refractivity contribution >= 4 is 40.5 Å². The number of hydrogen-bond acceptors (Lipinski definition) is 3. The molecule has 2 heterocycles. The van der Waals surface area contributed by atoms with Crippen molar-refractivity contribution < 1.29 is 75.4 Å². The first-order valence-corrected chi connectivity index (χ1v) is 21.7. The Kier molecular flexibility index (Phi) is 28.7. The zero-order chi connectivity index (χ0) is 41.2. The van der Waals surface area contributed by atoms with E-state index < -0.39 is 0 Å². The van der Waals surface area contributed by atoms with Crippen LogP contribution >= 0.6 is 22.6 Å². The number of aromatic nitrogens is 2. The molecule has 0 aliphatic rings. The van der Waals surface area contributed by atoms with Gasteiger partial charge in [0.15, 0.2) is 6.71 Å². The van der Waals surface area contributed by atoms with Crippen molar-refractivity contribution in [2.24, 2.45) is 0 Å². The van der Waals surface area contributed by atoms with Crippen molar-refractivity contribution in [1.29, 1.82) is 0 Å². The number of nitrogens with two attached hydrogens (primary N) is 1. The van der Waals surface area contributed by atoms with E-state index in [9.17, 15) is 0 Å². The van der Waals surface area contributed by atoms with Gasteiger partial charge in [-0.05, 0) is 109 Å². The molecule has 0 unspecified atom stereocenters. The average molecular weight is 1020 g/mol. The fourth-order valence-corrected chi connectivity index (χ4v) is 8.45. The molecule has 5 aromatic rings. The van der Waals surface area contributed by atoms with Crippen molar-refractivity contribution in [1.82, 2.24) is 9.97 Å². The molecule has 0 fully saturated rings. The van der Waals surface area contributed by atoms with E-state index in [1.807, 2.05) is 36.9 Å². The van der Waals surface area contributed by atoms with Gasteiger partial charge in [-0.2, -0.15) is 0 Å². The minimum atomic E-state index is 0. The zero-order valence-corrected chi connectivity index (χ0v) is 45.4. The number of anilines is 1. The summed E-state index contributed by atoms with van der Waals surface area (Å²) >= 11 is 2.47. The van der Waals surface area contributed by atoms with Gasteiger partial charge in [0.25, 0.3) is 0 Å². The van der Waals surface area contributed by atoms with Crippen LogP contribution in [0.15, 0.2) is 104 Å². The van der Waals surface area contributed by atoms with E-state index in [-0.39, 0.29) is 75.4 Å². The Morgan fingerprint density at radius 1 is 0.509 bits per heavy atom. The first-order chi connectivity index (χ1) is 26.1. The van der Waals surface area contributed by atoms with Crippen molar-refractivity contribution in [3.63, 3.8) is 0 Å². The van der Waals surface area contributed by atoms with Crippen LogP contribution in [-0.4, -0.2) is 16.7 Å². The molecule has 0 bridgehead atoms. The minimum Gasteiger partial charge on any atom is -1.00 e. The molecule has 0 amide bonds. The molecule has 3 aromatic carbocycles. The van der Waals surface area contributed by atoms with Crippen LogP contribution < -0.4 is 86.6 Å².